The molecule has 0 amide bonds. The van der Waals surface area contributed by atoms with E-state index < -0.39 is 0 Å². The molecule has 0 saturated carbocycles. The first-order valence-corrected chi connectivity index (χ1v) is 6.29. The van der Waals surface area contributed by atoms with E-state index in [0.29, 0.717) is 0 Å². The molecule has 0 atom stereocenters. The van der Waals surface area contributed by atoms with E-state index in [0.717, 1.165) is 5.75 Å². The topological polar surface area (TPSA) is 12.9 Å². The van der Waals surface area contributed by atoms with Crippen LogP contribution in [0.4, 0.5) is 0 Å². The lowest BCUT2D eigenvalue weighted by Crippen LogP contribution is -1.80. The Balaban J connectivity index is 2.02. The van der Waals surface area contributed by atoms with Crippen LogP contribution in [-0.4, -0.2) is 4.98 Å². The van der Waals surface area contributed by atoms with Crippen LogP contribution in [0, 0.1) is 6.92 Å². The zero-order chi connectivity index (χ0) is 9.80. The van der Waals surface area contributed by atoms with Crippen molar-refractivity contribution in [3.8, 4) is 0 Å². The molecule has 1 heterocycles. The van der Waals surface area contributed by atoms with Crippen LogP contribution in [0.25, 0.3) is 0 Å². The van der Waals surface area contributed by atoms with Gasteiger partial charge >= 0.3 is 0 Å². The molecule has 1 aromatic carbocycles. The van der Waals surface area contributed by atoms with Gasteiger partial charge in [-0.2, -0.15) is 0 Å². The summed E-state index contributed by atoms with van der Waals surface area (Å²) in [5, 5.41) is 3.21. The van der Waals surface area contributed by atoms with Gasteiger partial charge in [0.05, 0.1) is 5.75 Å². The van der Waals surface area contributed by atoms with E-state index in [1.807, 2.05) is 23.3 Å². The van der Waals surface area contributed by atoms with Crippen LogP contribution >= 0.6 is 23.1 Å². The zero-order valence-corrected chi connectivity index (χ0v) is 9.57. The number of hydrogen-bond donors (Lipinski definition) is 0. The number of thioether (sulfide) groups is 1. The predicted octanol–water partition coefficient (Wildman–Crippen LogP) is 3.74. The van der Waals surface area contributed by atoms with Gasteiger partial charge in [0.25, 0.3) is 0 Å². The van der Waals surface area contributed by atoms with Crippen molar-refractivity contribution in [3.63, 3.8) is 0 Å². The minimum Gasteiger partial charge on any atom is -0.249 e. The zero-order valence-electron chi connectivity index (χ0n) is 7.93. The van der Waals surface area contributed by atoms with Gasteiger partial charge in [0.15, 0.2) is 0 Å². The van der Waals surface area contributed by atoms with Gasteiger partial charge in [-0.1, -0.05) is 18.2 Å². The molecule has 0 aliphatic rings. The van der Waals surface area contributed by atoms with Gasteiger partial charge in [0.2, 0.25) is 0 Å². The largest absolute Gasteiger partial charge is 0.249 e. The highest BCUT2D eigenvalue weighted by Gasteiger charge is 2.00. The molecule has 0 N–H and O–H groups in total. The van der Waals surface area contributed by atoms with Crippen molar-refractivity contribution in [1.29, 1.82) is 0 Å². The SMILES string of the molecule is Cc1ccccc1SCc1nccs1. The van der Waals surface area contributed by atoms with Crippen LogP contribution in [-0.2, 0) is 5.75 Å². The van der Waals surface area contributed by atoms with Gasteiger partial charge < -0.3 is 0 Å². The number of benzene rings is 1. The average Bonchev–Trinajstić information content (AvgIpc) is 2.69. The number of nitrogens with zero attached hydrogens (tertiary/aromatic N) is 1. The Bertz CT molecular complexity index is 395. The molecule has 2 rings (SSSR count). The summed E-state index contributed by atoms with van der Waals surface area (Å²) in [6.45, 7) is 2.14. The molecule has 3 heteroatoms. The maximum Gasteiger partial charge on any atom is 0.103 e. The highest BCUT2D eigenvalue weighted by Crippen LogP contribution is 2.26. The third kappa shape index (κ3) is 2.36. The molecular formula is C11H11NS2. The molecule has 0 aliphatic heterocycles. The second-order valence-electron chi connectivity index (χ2n) is 2.98. The lowest BCUT2D eigenvalue weighted by Gasteiger charge is -2.02. The molecule has 1 aromatic heterocycles. The van der Waals surface area contributed by atoms with E-state index >= 15 is 0 Å². The monoisotopic (exact) mass is 221 g/mol. The van der Waals surface area contributed by atoms with Crippen molar-refractivity contribution in [2.75, 3.05) is 0 Å². The highest BCUT2D eigenvalue weighted by atomic mass is 32.2. The second kappa shape index (κ2) is 4.62. The van der Waals surface area contributed by atoms with E-state index in [4.69, 9.17) is 0 Å². The average molecular weight is 221 g/mol. The summed E-state index contributed by atoms with van der Waals surface area (Å²) in [6, 6.07) is 8.46. The first-order valence-electron chi connectivity index (χ1n) is 4.43. The standard InChI is InChI=1S/C11H11NS2/c1-9-4-2-3-5-10(9)14-8-11-12-6-7-13-11/h2-7H,8H2,1H3. The quantitative estimate of drug-likeness (QED) is 0.732. The Kier molecular flexibility index (Phi) is 3.22. The Morgan fingerprint density at radius 2 is 2.21 bits per heavy atom. The molecule has 0 bridgehead atoms. The van der Waals surface area contributed by atoms with Crippen molar-refractivity contribution in [2.45, 2.75) is 17.6 Å². The van der Waals surface area contributed by atoms with Gasteiger partial charge in [0.1, 0.15) is 5.01 Å². The van der Waals surface area contributed by atoms with Crippen LogP contribution in [0.15, 0.2) is 40.7 Å². The summed E-state index contributed by atoms with van der Waals surface area (Å²) in [5.41, 5.74) is 1.34. The molecule has 14 heavy (non-hydrogen) atoms. The highest BCUT2D eigenvalue weighted by molar-refractivity contribution is 7.98. The van der Waals surface area contributed by atoms with Crippen molar-refractivity contribution in [1.82, 2.24) is 4.98 Å². The summed E-state index contributed by atoms with van der Waals surface area (Å²) in [6.07, 6.45) is 1.86. The fourth-order valence-electron chi connectivity index (χ4n) is 1.18. The van der Waals surface area contributed by atoms with E-state index in [2.05, 4.69) is 36.2 Å². The minimum atomic E-state index is 0.975. The lowest BCUT2D eigenvalue weighted by atomic mass is 10.2. The van der Waals surface area contributed by atoms with E-state index in [-0.39, 0.29) is 0 Å². The van der Waals surface area contributed by atoms with Crippen LogP contribution < -0.4 is 0 Å². The Hall–Kier alpha value is -0.800. The maximum atomic E-state index is 4.26. The van der Waals surface area contributed by atoms with Crippen molar-refractivity contribution < 1.29 is 0 Å². The molecule has 72 valence electrons. The van der Waals surface area contributed by atoms with Crippen molar-refractivity contribution in [2.24, 2.45) is 0 Å². The number of hydrogen-bond acceptors (Lipinski definition) is 3. The Morgan fingerprint density at radius 1 is 1.36 bits per heavy atom. The van der Waals surface area contributed by atoms with E-state index in [9.17, 15) is 0 Å². The first-order chi connectivity index (χ1) is 6.86. The third-order valence-corrected chi connectivity index (χ3v) is 4.08. The predicted molar refractivity (Wildman–Crippen MR) is 62.9 cm³/mol. The van der Waals surface area contributed by atoms with Crippen molar-refractivity contribution in [3.05, 3.63) is 46.4 Å². The number of thiazole rings is 1. The molecule has 0 saturated heterocycles. The van der Waals surface area contributed by atoms with Gasteiger partial charge in [0, 0.05) is 16.5 Å². The minimum absolute atomic E-state index is 0.975. The maximum absolute atomic E-state index is 4.26. The summed E-state index contributed by atoms with van der Waals surface area (Å²) in [4.78, 5) is 5.61. The van der Waals surface area contributed by atoms with Crippen molar-refractivity contribution >= 4 is 23.1 Å². The molecule has 0 spiro atoms. The van der Waals surface area contributed by atoms with Gasteiger partial charge in [-0.05, 0) is 18.6 Å². The summed E-state index contributed by atoms with van der Waals surface area (Å²) >= 11 is 3.57. The van der Waals surface area contributed by atoms with Crippen LogP contribution in [0.2, 0.25) is 0 Å². The fraction of sp³-hybridized carbons (Fsp3) is 0.182. The molecular weight excluding hydrogens is 210 g/mol. The number of aromatic nitrogens is 1. The Morgan fingerprint density at radius 3 is 2.93 bits per heavy atom. The van der Waals surface area contributed by atoms with Crippen LogP contribution in [0.1, 0.15) is 10.6 Å². The number of aryl methyl sites for hydroxylation is 1. The molecule has 0 unspecified atom stereocenters. The molecule has 0 radical (unpaired) electrons. The summed E-state index contributed by atoms with van der Waals surface area (Å²) < 4.78 is 0. The molecule has 0 fully saturated rings. The summed E-state index contributed by atoms with van der Waals surface area (Å²) in [5.74, 6) is 0.975. The number of rotatable bonds is 3. The summed E-state index contributed by atoms with van der Waals surface area (Å²) in [7, 11) is 0. The van der Waals surface area contributed by atoms with Gasteiger partial charge in [-0.3, -0.25) is 0 Å². The third-order valence-electron chi connectivity index (χ3n) is 1.93. The van der Waals surface area contributed by atoms with E-state index in [1.54, 1.807) is 11.3 Å². The normalized spacial score (nSPS) is 10.4. The lowest BCUT2D eigenvalue weighted by molar-refractivity contribution is 1.25. The molecule has 0 aliphatic carbocycles. The van der Waals surface area contributed by atoms with Gasteiger partial charge in [-0.25, -0.2) is 4.98 Å². The van der Waals surface area contributed by atoms with Crippen LogP contribution in [0.5, 0.6) is 0 Å². The fourth-order valence-corrected chi connectivity index (χ4v) is 2.86. The first kappa shape index (κ1) is 9.74. The smallest absolute Gasteiger partial charge is 0.103 e. The molecule has 1 nitrogen and oxygen atoms in total. The molecule has 2 aromatic rings. The van der Waals surface area contributed by atoms with Gasteiger partial charge in [-0.15, -0.1) is 23.1 Å². The second-order valence-corrected chi connectivity index (χ2v) is 4.98. The van der Waals surface area contributed by atoms with E-state index in [1.165, 1.54) is 15.5 Å². The van der Waals surface area contributed by atoms with Crippen LogP contribution in [0.3, 0.4) is 0 Å². The Labute approximate surface area is 92.2 Å².